The summed E-state index contributed by atoms with van der Waals surface area (Å²) >= 11 is 0. The Labute approximate surface area is 129 Å². The van der Waals surface area contributed by atoms with Gasteiger partial charge < -0.3 is 13.9 Å². The van der Waals surface area contributed by atoms with Crippen LogP contribution in [0.5, 0.6) is 0 Å². The first-order valence-electron chi connectivity index (χ1n) is 6.69. The first kappa shape index (κ1) is 20.6. The highest BCUT2D eigenvalue weighted by Crippen LogP contribution is 2.55. The van der Waals surface area contributed by atoms with Crippen LogP contribution in [-0.4, -0.2) is 34.9 Å². The summed E-state index contributed by atoms with van der Waals surface area (Å²) in [5.74, 6) is 0. The van der Waals surface area contributed by atoms with Gasteiger partial charge in [0.05, 0.1) is 38.2 Å². The molecular formula is C12H23N3O4P2. The predicted octanol–water partition coefficient (Wildman–Crippen LogP) is 3.43. The molecule has 120 valence electrons. The van der Waals surface area contributed by atoms with Crippen molar-refractivity contribution in [3.05, 3.63) is 0 Å². The second-order valence-corrected chi connectivity index (χ2v) is 7.19. The van der Waals surface area contributed by atoms with Crippen LogP contribution in [0, 0.1) is 22.7 Å². The summed E-state index contributed by atoms with van der Waals surface area (Å²) in [5, 5.41) is 17.0. The van der Waals surface area contributed by atoms with E-state index in [1.165, 1.54) is 0 Å². The summed E-state index contributed by atoms with van der Waals surface area (Å²) in [4.78, 5) is 10.2. The fraction of sp³-hybridized carbons (Fsp3) is 0.833. The van der Waals surface area contributed by atoms with Crippen molar-refractivity contribution < 1.29 is 18.3 Å². The van der Waals surface area contributed by atoms with Gasteiger partial charge in [0, 0.05) is 12.1 Å². The van der Waals surface area contributed by atoms with Gasteiger partial charge in [-0.05, 0) is 27.7 Å². The molecule has 0 fully saturated rings. The molecule has 1 atom stereocenters. The monoisotopic (exact) mass is 335 g/mol. The normalized spacial score (nSPS) is 12.9. The second kappa shape index (κ2) is 12.2. The minimum Gasteiger partial charge on any atom is -0.337 e. The molecule has 0 aromatic rings. The van der Waals surface area contributed by atoms with Crippen LogP contribution >= 0.6 is 17.1 Å². The van der Waals surface area contributed by atoms with E-state index in [0.717, 1.165) is 0 Å². The van der Waals surface area contributed by atoms with Crippen molar-refractivity contribution in [2.75, 3.05) is 13.2 Å². The van der Waals surface area contributed by atoms with Gasteiger partial charge >= 0.3 is 8.60 Å². The molecule has 0 saturated heterocycles. The zero-order valence-electron chi connectivity index (χ0n) is 12.9. The first-order chi connectivity index (χ1) is 9.93. The zero-order chi connectivity index (χ0) is 16.3. The van der Waals surface area contributed by atoms with Crippen LogP contribution in [-0.2, 0) is 13.4 Å². The zero-order valence-corrected chi connectivity index (χ0v) is 14.7. The fourth-order valence-electron chi connectivity index (χ4n) is 1.51. The van der Waals surface area contributed by atoms with Crippen LogP contribution < -0.4 is 0 Å². The Morgan fingerprint density at radius 3 is 1.76 bits per heavy atom. The summed E-state index contributed by atoms with van der Waals surface area (Å²) in [6.45, 7) is 8.19. The molecule has 0 saturated carbocycles. The van der Waals surface area contributed by atoms with Gasteiger partial charge in [-0.3, -0.25) is 0 Å². The smallest absolute Gasteiger partial charge is 0.337 e. The summed E-state index contributed by atoms with van der Waals surface area (Å²) in [5.41, 5.74) is 0. The quantitative estimate of drug-likeness (QED) is 0.456. The minimum atomic E-state index is -1.86. The lowest BCUT2D eigenvalue weighted by Gasteiger charge is -2.33. The van der Waals surface area contributed by atoms with Gasteiger partial charge in [-0.2, -0.15) is 10.5 Å². The molecule has 21 heavy (non-hydrogen) atoms. The second-order valence-electron chi connectivity index (χ2n) is 4.61. The van der Waals surface area contributed by atoms with Gasteiger partial charge in [0.1, 0.15) is 0 Å². The Kier molecular flexibility index (Phi) is 12.0. The molecule has 0 bridgehead atoms. The Balaban J connectivity index is 4.53. The topological polar surface area (TPSA) is 98.7 Å². The van der Waals surface area contributed by atoms with Crippen LogP contribution in [0.4, 0.5) is 0 Å². The van der Waals surface area contributed by atoms with E-state index in [4.69, 9.17) is 23.9 Å². The third-order valence-electron chi connectivity index (χ3n) is 2.22. The average molecular weight is 335 g/mol. The van der Waals surface area contributed by atoms with E-state index < -0.39 is 17.1 Å². The maximum Gasteiger partial charge on any atom is 0.339 e. The highest BCUT2D eigenvalue weighted by Gasteiger charge is 2.28. The van der Waals surface area contributed by atoms with Gasteiger partial charge in [-0.15, -0.1) is 0 Å². The summed E-state index contributed by atoms with van der Waals surface area (Å²) < 4.78 is 18.0. The number of nitriles is 2. The molecular weight excluding hydrogens is 312 g/mol. The summed E-state index contributed by atoms with van der Waals surface area (Å²) in [6.07, 6.45) is 0.427. The van der Waals surface area contributed by atoms with Gasteiger partial charge in [0.25, 0.3) is 8.53 Å². The first-order valence-corrected chi connectivity index (χ1v) is 8.95. The van der Waals surface area contributed by atoms with E-state index in [2.05, 4.69) is 0 Å². The Morgan fingerprint density at radius 1 is 1.00 bits per heavy atom. The van der Waals surface area contributed by atoms with Crippen molar-refractivity contribution in [1.82, 2.24) is 4.67 Å². The fourth-order valence-corrected chi connectivity index (χ4v) is 4.05. The van der Waals surface area contributed by atoms with E-state index >= 15 is 0 Å². The molecule has 7 nitrogen and oxygen atoms in total. The number of rotatable bonds is 11. The van der Waals surface area contributed by atoms with Crippen LogP contribution in [0.3, 0.4) is 0 Å². The van der Waals surface area contributed by atoms with Gasteiger partial charge in [0.15, 0.2) is 0 Å². The number of nitrogens with zero attached hydrogens (tertiary/aromatic N) is 3. The summed E-state index contributed by atoms with van der Waals surface area (Å²) in [6, 6.07) is 4.13. The molecule has 1 unspecified atom stereocenters. The maximum atomic E-state index is 10.2. The van der Waals surface area contributed by atoms with Gasteiger partial charge in [-0.1, -0.05) is 0 Å². The van der Waals surface area contributed by atoms with Crippen molar-refractivity contribution in [3.63, 3.8) is 0 Å². The van der Waals surface area contributed by atoms with E-state index in [9.17, 15) is 4.89 Å². The van der Waals surface area contributed by atoms with Crippen LogP contribution in [0.15, 0.2) is 0 Å². The standard InChI is InChI=1S/C12H23N3O4P2/c1-11(2)15(12(3)4)20(16)19-21(17-9-5-7-13)18-10-6-8-14/h11-12,16H,5-6,9-10H2,1-4H3. The number of hydrogen-bond acceptors (Lipinski definition) is 7. The molecule has 0 aliphatic rings. The van der Waals surface area contributed by atoms with Crippen molar-refractivity contribution in [3.8, 4) is 12.1 Å². The van der Waals surface area contributed by atoms with Crippen molar-refractivity contribution in [2.45, 2.75) is 52.6 Å². The van der Waals surface area contributed by atoms with Gasteiger partial charge in [0.2, 0.25) is 0 Å². The molecule has 0 spiro atoms. The molecule has 0 aromatic carbocycles. The van der Waals surface area contributed by atoms with E-state index in [1.54, 1.807) is 0 Å². The molecule has 0 aromatic heterocycles. The highest BCUT2D eigenvalue weighted by molar-refractivity contribution is 7.56. The Morgan fingerprint density at radius 2 is 1.43 bits per heavy atom. The van der Waals surface area contributed by atoms with Crippen molar-refractivity contribution in [1.29, 1.82) is 10.5 Å². The van der Waals surface area contributed by atoms with E-state index in [1.807, 2.05) is 44.5 Å². The molecule has 0 radical (unpaired) electrons. The number of hydrogen-bond donors (Lipinski definition) is 1. The SMILES string of the molecule is CC(C)N(C(C)C)P(O)OP(OCCC#N)OCCC#N. The lowest BCUT2D eigenvalue weighted by atomic mass is 10.3. The molecule has 0 heterocycles. The molecule has 0 amide bonds. The van der Waals surface area contributed by atoms with Crippen molar-refractivity contribution in [2.24, 2.45) is 0 Å². The summed E-state index contributed by atoms with van der Waals surface area (Å²) in [7, 11) is -3.63. The molecule has 0 rings (SSSR count). The Hall–Kier alpha value is -0.360. The maximum absolute atomic E-state index is 10.2. The predicted molar refractivity (Wildman–Crippen MR) is 81.6 cm³/mol. The molecule has 0 aliphatic heterocycles. The molecule has 0 aliphatic carbocycles. The Bertz CT molecular complexity index is 329. The highest BCUT2D eigenvalue weighted by atomic mass is 31.2. The van der Waals surface area contributed by atoms with Crippen molar-refractivity contribution >= 4 is 17.1 Å². The van der Waals surface area contributed by atoms with Crippen LogP contribution in [0.1, 0.15) is 40.5 Å². The van der Waals surface area contributed by atoms with E-state index in [0.29, 0.717) is 0 Å². The van der Waals surface area contributed by atoms with Crippen LogP contribution in [0.25, 0.3) is 0 Å². The largest absolute Gasteiger partial charge is 0.339 e. The third-order valence-corrected chi connectivity index (χ3v) is 5.44. The van der Waals surface area contributed by atoms with E-state index in [-0.39, 0.29) is 38.1 Å². The minimum absolute atomic E-state index is 0.108. The average Bonchev–Trinajstić information content (AvgIpc) is 2.38. The van der Waals surface area contributed by atoms with Gasteiger partial charge in [-0.25, -0.2) is 8.98 Å². The van der Waals surface area contributed by atoms with Crippen LogP contribution in [0.2, 0.25) is 0 Å². The lowest BCUT2D eigenvalue weighted by molar-refractivity contribution is 0.195. The third kappa shape index (κ3) is 9.30. The lowest BCUT2D eigenvalue weighted by Crippen LogP contribution is -2.32. The molecule has 1 N–H and O–H groups in total. The molecule has 9 heteroatoms.